The molecule has 0 spiro atoms. The molecule has 146 valence electrons. The molecule has 0 aliphatic rings. The van der Waals surface area contributed by atoms with Gasteiger partial charge in [-0.1, -0.05) is 30.3 Å². The van der Waals surface area contributed by atoms with Crippen LogP contribution < -0.4 is 5.32 Å². The summed E-state index contributed by atoms with van der Waals surface area (Å²) in [4.78, 5) is 29.4. The lowest BCUT2D eigenvalue weighted by Gasteiger charge is -2.08. The number of esters is 1. The molecule has 0 aliphatic heterocycles. The summed E-state index contributed by atoms with van der Waals surface area (Å²) in [5.74, 6) is -0.464. The molecule has 0 fully saturated rings. The van der Waals surface area contributed by atoms with Gasteiger partial charge in [0.25, 0.3) is 5.91 Å². The first-order valence-electron chi connectivity index (χ1n) is 8.94. The van der Waals surface area contributed by atoms with Gasteiger partial charge in [-0.05, 0) is 25.1 Å². The molecule has 1 amide bonds. The number of hydrogen-bond donors (Lipinski definition) is 1. The van der Waals surface area contributed by atoms with Crippen molar-refractivity contribution >= 4 is 39.2 Å². The Morgan fingerprint density at radius 2 is 1.90 bits per heavy atom. The van der Waals surface area contributed by atoms with Crippen LogP contribution in [0, 0.1) is 6.92 Å². The zero-order valence-electron chi connectivity index (χ0n) is 15.9. The highest BCUT2D eigenvalue weighted by Gasteiger charge is 2.18. The van der Waals surface area contributed by atoms with Crippen molar-refractivity contribution in [2.75, 3.05) is 11.9 Å². The smallest absolute Gasteiger partial charge is 0.339 e. The highest BCUT2D eigenvalue weighted by atomic mass is 32.1. The number of nitrogens with zero attached hydrogens (tertiary/aromatic N) is 3. The van der Waals surface area contributed by atoms with Crippen molar-refractivity contribution in [1.82, 2.24) is 14.8 Å². The van der Waals surface area contributed by atoms with Crippen molar-refractivity contribution in [2.45, 2.75) is 6.92 Å². The lowest BCUT2D eigenvalue weighted by molar-refractivity contribution is -0.119. The number of para-hydroxylation sites is 1. The number of fused-ring (bicyclic) bond motifs is 1. The van der Waals surface area contributed by atoms with E-state index in [2.05, 4.69) is 15.4 Å². The number of nitrogens with one attached hydrogen (secondary N) is 1. The first-order chi connectivity index (χ1) is 14.0. The van der Waals surface area contributed by atoms with Gasteiger partial charge in [0.1, 0.15) is 10.8 Å². The van der Waals surface area contributed by atoms with Crippen LogP contribution in [0.2, 0.25) is 0 Å². The molecule has 0 saturated heterocycles. The number of rotatable bonds is 5. The van der Waals surface area contributed by atoms with Crippen LogP contribution in [0.15, 0.2) is 54.6 Å². The van der Waals surface area contributed by atoms with Crippen LogP contribution in [-0.2, 0) is 16.6 Å². The van der Waals surface area contributed by atoms with Gasteiger partial charge in [-0.25, -0.2) is 9.78 Å². The average Bonchev–Trinajstić information content (AvgIpc) is 3.28. The Bertz CT molecular complexity index is 1180. The Morgan fingerprint density at radius 3 is 2.66 bits per heavy atom. The fourth-order valence-electron chi connectivity index (χ4n) is 2.95. The fraction of sp³-hybridized carbons (Fsp3) is 0.143. The van der Waals surface area contributed by atoms with Gasteiger partial charge in [0, 0.05) is 18.7 Å². The number of carbonyl (C=O) groups is 2. The van der Waals surface area contributed by atoms with Crippen LogP contribution in [-0.4, -0.2) is 33.2 Å². The van der Waals surface area contributed by atoms with E-state index in [1.54, 1.807) is 29.9 Å². The third kappa shape index (κ3) is 4.02. The highest BCUT2D eigenvalue weighted by Crippen LogP contribution is 2.32. The van der Waals surface area contributed by atoms with Gasteiger partial charge in [0.2, 0.25) is 0 Å². The SMILES string of the molecule is Cc1cc(NC(=O)COC(=O)c2ccccc2-c2nc3ccccc3s2)n(C)n1. The molecule has 4 rings (SSSR count). The molecule has 0 aliphatic carbocycles. The quantitative estimate of drug-likeness (QED) is 0.510. The number of aromatic nitrogens is 3. The van der Waals surface area contributed by atoms with Gasteiger partial charge < -0.3 is 10.1 Å². The Balaban J connectivity index is 1.49. The third-order valence-corrected chi connectivity index (χ3v) is 5.34. The van der Waals surface area contributed by atoms with Crippen molar-refractivity contribution in [2.24, 2.45) is 7.05 Å². The number of carbonyl (C=O) groups excluding carboxylic acids is 2. The standard InChI is InChI=1S/C21H18N4O3S/c1-13-11-18(25(2)24-13)23-19(26)12-28-21(27)15-8-4-3-7-14(15)20-22-16-9-5-6-10-17(16)29-20/h3-11H,12H2,1-2H3,(H,23,26). The zero-order valence-corrected chi connectivity index (χ0v) is 16.7. The van der Waals surface area contributed by atoms with Crippen molar-refractivity contribution in [1.29, 1.82) is 0 Å². The summed E-state index contributed by atoms with van der Waals surface area (Å²) in [6.07, 6.45) is 0. The van der Waals surface area contributed by atoms with Crippen LogP contribution in [0.3, 0.4) is 0 Å². The molecule has 0 radical (unpaired) electrons. The lowest BCUT2D eigenvalue weighted by Crippen LogP contribution is -2.22. The zero-order chi connectivity index (χ0) is 20.4. The average molecular weight is 406 g/mol. The van der Waals surface area contributed by atoms with Crippen molar-refractivity contribution < 1.29 is 14.3 Å². The molecular formula is C21H18N4O3S. The summed E-state index contributed by atoms with van der Waals surface area (Å²) in [5.41, 5.74) is 2.71. The second-order valence-electron chi connectivity index (χ2n) is 6.45. The van der Waals surface area contributed by atoms with Crippen LogP contribution in [0.1, 0.15) is 16.1 Å². The summed E-state index contributed by atoms with van der Waals surface area (Å²) in [6.45, 7) is 1.44. The molecule has 8 heteroatoms. The second kappa shape index (κ2) is 7.84. The van der Waals surface area contributed by atoms with E-state index in [4.69, 9.17) is 4.74 Å². The first-order valence-corrected chi connectivity index (χ1v) is 9.75. The number of hydrogen-bond acceptors (Lipinski definition) is 6. The molecule has 2 aromatic heterocycles. The monoisotopic (exact) mass is 406 g/mol. The fourth-order valence-corrected chi connectivity index (χ4v) is 3.96. The largest absolute Gasteiger partial charge is 0.452 e. The first kappa shape index (κ1) is 18.8. The van der Waals surface area contributed by atoms with E-state index in [-0.39, 0.29) is 0 Å². The number of amides is 1. The number of aryl methyl sites for hydroxylation is 2. The minimum absolute atomic E-state index is 0.371. The minimum atomic E-state index is -0.573. The summed E-state index contributed by atoms with van der Waals surface area (Å²) in [5, 5.41) is 7.56. The molecule has 0 bridgehead atoms. The molecule has 0 atom stereocenters. The Morgan fingerprint density at radius 1 is 1.14 bits per heavy atom. The van der Waals surface area contributed by atoms with E-state index < -0.39 is 18.5 Å². The molecule has 1 N–H and O–H groups in total. The summed E-state index contributed by atoms with van der Waals surface area (Å²) >= 11 is 1.50. The minimum Gasteiger partial charge on any atom is -0.452 e. The summed E-state index contributed by atoms with van der Waals surface area (Å²) < 4.78 is 7.83. The predicted octanol–water partition coefficient (Wildman–Crippen LogP) is 3.80. The Labute approximate surface area is 171 Å². The maximum absolute atomic E-state index is 12.6. The van der Waals surface area contributed by atoms with E-state index in [1.807, 2.05) is 43.3 Å². The Hall–Kier alpha value is -3.52. The van der Waals surface area contributed by atoms with E-state index >= 15 is 0 Å². The van der Waals surface area contributed by atoms with Gasteiger partial charge in [-0.2, -0.15) is 5.10 Å². The van der Waals surface area contributed by atoms with Crippen LogP contribution in [0.25, 0.3) is 20.8 Å². The van der Waals surface area contributed by atoms with Crippen molar-refractivity contribution in [3.8, 4) is 10.6 Å². The van der Waals surface area contributed by atoms with Gasteiger partial charge in [-0.3, -0.25) is 9.48 Å². The summed E-state index contributed by atoms with van der Waals surface area (Å²) in [7, 11) is 1.73. The Kier molecular flexibility index (Phi) is 5.09. The van der Waals surface area contributed by atoms with E-state index in [9.17, 15) is 9.59 Å². The topological polar surface area (TPSA) is 86.1 Å². The maximum Gasteiger partial charge on any atom is 0.339 e. The number of thiazole rings is 1. The number of anilines is 1. The van der Waals surface area contributed by atoms with Crippen LogP contribution in [0.4, 0.5) is 5.82 Å². The highest BCUT2D eigenvalue weighted by molar-refractivity contribution is 7.21. The molecule has 2 aromatic carbocycles. The molecule has 0 saturated carbocycles. The van der Waals surface area contributed by atoms with Crippen LogP contribution >= 0.6 is 11.3 Å². The van der Waals surface area contributed by atoms with Crippen molar-refractivity contribution in [3.63, 3.8) is 0 Å². The number of ether oxygens (including phenoxy) is 1. The predicted molar refractivity (Wildman–Crippen MR) is 112 cm³/mol. The van der Waals surface area contributed by atoms with E-state index in [0.717, 1.165) is 20.9 Å². The lowest BCUT2D eigenvalue weighted by atomic mass is 10.1. The van der Waals surface area contributed by atoms with Crippen molar-refractivity contribution in [3.05, 3.63) is 65.9 Å². The molecule has 2 heterocycles. The van der Waals surface area contributed by atoms with Gasteiger partial charge in [-0.15, -0.1) is 11.3 Å². The second-order valence-corrected chi connectivity index (χ2v) is 7.48. The molecule has 7 nitrogen and oxygen atoms in total. The molecule has 29 heavy (non-hydrogen) atoms. The molecular weight excluding hydrogens is 388 g/mol. The van der Waals surface area contributed by atoms with Gasteiger partial charge >= 0.3 is 5.97 Å². The molecule has 0 unspecified atom stereocenters. The maximum atomic E-state index is 12.6. The van der Waals surface area contributed by atoms with Gasteiger partial charge in [0.15, 0.2) is 6.61 Å². The van der Waals surface area contributed by atoms with E-state index in [0.29, 0.717) is 16.9 Å². The third-order valence-electron chi connectivity index (χ3n) is 4.28. The van der Waals surface area contributed by atoms with Gasteiger partial charge in [0.05, 0.1) is 21.5 Å². The summed E-state index contributed by atoms with van der Waals surface area (Å²) in [6, 6.07) is 16.6. The number of benzene rings is 2. The molecule has 4 aromatic rings. The van der Waals surface area contributed by atoms with Crippen LogP contribution in [0.5, 0.6) is 0 Å². The normalized spacial score (nSPS) is 10.8. The van der Waals surface area contributed by atoms with E-state index in [1.165, 1.54) is 11.3 Å².